The van der Waals surface area contributed by atoms with Gasteiger partial charge in [0.2, 0.25) is 6.79 Å². The SMILES string of the molecule is O=C(NCc1ccnc(-c2ccncc2)c1)c1ccc2c(c1)OCO2. The van der Waals surface area contributed by atoms with E-state index in [4.69, 9.17) is 9.47 Å². The zero-order valence-corrected chi connectivity index (χ0v) is 13.3. The van der Waals surface area contributed by atoms with Crippen LogP contribution in [0.3, 0.4) is 0 Å². The van der Waals surface area contributed by atoms with Gasteiger partial charge in [-0.1, -0.05) is 0 Å². The highest BCUT2D eigenvalue weighted by molar-refractivity contribution is 5.94. The molecule has 3 aromatic rings. The van der Waals surface area contributed by atoms with Crippen molar-refractivity contribution in [2.45, 2.75) is 6.54 Å². The summed E-state index contributed by atoms with van der Waals surface area (Å²) < 4.78 is 10.6. The van der Waals surface area contributed by atoms with E-state index >= 15 is 0 Å². The molecule has 124 valence electrons. The van der Waals surface area contributed by atoms with E-state index in [2.05, 4.69) is 15.3 Å². The third kappa shape index (κ3) is 3.28. The van der Waals surface area contributed by atoms with Crippen molar-refractivity contribution in [3.05, 3.63) is 72.2 Å². The summed E-state index contributed by atoms with van der Waals surface area (Å²) in [5.41, 5.74) is 3.33. The molecule has 1 amide bonds. The van der Waals surface area contributed by atoms with E-state index < -0.39 is 0 Å². The van der Waals surface area contributed by atoms with Crippen molar-refractivity contribution < 1.29 is 14.3 Å². The number of benzene rings is 1. The van der Waals surface area contributed by atoms with Crippen LogP contribution in [0, 0.1) is 0 Å². The fraction of sp³-hybridized carbons (Fsp3) is 0.105. The fourth-order valence-electron chi connectivity index (χ4n) is 2.59. The van der Waals surface area contributed by atoms with Gasteiger partial charge in [0.1, 0.15) is 0 Å². The molecule has 0 saturated heterocycles. The molecule has 0 aliphatic carbocycles. The van der Waals surface area contributed by atoms with Crippen molar-refractivity contribution in [2.24, 2.45) is 0 Å². The van der Waals surface area contributed by atoms with Gasteiger partial charge in [-0.2, -0.15) is 0 Å². The van der Waals surface area contributed by atoms with Crippen LogP contribution in [0.5, 0.6) is 11.5 Å². The number of hydrogen-bond donors (Lipinski definition) is 1. The second-order valence-corrected chi connectivity index (χ2v) is 5.54. The summed E-state index contributed by atoms with van der Waals surface area (Å²) in [5, 5.41) is 2.91. The van der Waals surface area contributed by atoms with Crippen molar-refractivity contribution >= 4 is 5.91 Å². The van der Waals surface area contributed by atoms with Crippen LogP contribution in [0.1, 0.15) is 15.9 Å². The molecule has 6 heteroatoms. The molecule has 6 nitrogen and oxygen atoms in total. The molecule has 1 aliphatic rings. The van der Waals surface area contributed by atoms with Gasteiger partial charge in [0, 0.05) is 36.3 Å². The molecule has 3 heterocycles. The number of nitrogens with zero attached hydrogens (tertiary/aromatic N) is 2. The Bertz CT molecular complexity index is 913. The zero-order valence-electron chi connectivity index (χ0n) is 13.3. The minimum Gasteiger partial charge on any atom is -0.454 e. The van der Waals surface area contributed by atoms with Gasteiger partial charge < -0.3 is 14.8 Å². The number of aromatic nitrogens is 2. The van der Waals surface area contributed by atoms with Gasteiger partial charge in [0.15, 0.2) is 11.5 Å². The topological polar surface area (TPSA) is 73.3 Å². The summed E-state index contributed by atoms with van der Waals surface area (Å²) >= 11 is 0. The highest BCUT2D eigenvalue weighted by Gasteiger charge is 2.16. The number of ether oxygens (including phenoxy) is 2. The maximum Gasteiger partial charge on any atom is 0.251 e. The molecule has 2 aromatic heterocycles. The highest BCUT2D eigenvalue weighted by Crippen LogP contribution is 2.32. The summed E-state index contributed by atoms with van der Waals surface area (Å²) in [7, 11) is 0. The molecule has 0 bridgehead atoms. The first kappa shape index (κ1) is 15.1. The molecule has 25 heavy (non-hydrogen) atoms. The van der Waals surface area contributed by atoms with E-state index in [1.54, 1.807) is 36.8 Å². The van der Waals surface area contributed by atoms with E-state index in [-0.39, 0.29) is 12.7 Å². The average molecular weight is 333 g/mol. The number of amides is 1. The molecule has 0 saturated carbocycles. The Morgan fingerprint density at radius 2 is 1.84 bits per heavy atom. The van der Waals surface area contributed by atoms with Crippen molar-refractivity contribution in [2.75, 3.05) is 6.79 Å². The zero-order chi connectivity index (χ0) is 17.1. The van der Waals surface area contributed by atoms with Crippen molar-refractivity contribution in [3.8, 4) is 22.8 Å². The van der Waals surface area contributed by atoms with Crippen LogP contribution in [-0.4, -0.2) is 22.7 Å². The predicted molar refractivity (Wildman–Crippen MR) is 91.2 cm³/mol. The van der Waals surface area contributed by atoms with Gasteiger partial charge in [0.05, 0.1) is 5.69 Å². The molecular formula is C19H15N3O3. The lowest BCUT2D eigenvalue weighted by Gasteiger charge is -2.08. The molecule has 1 aromatic carbocycles. The lowest BCUT2D eigenvalue weighted by molar-refractivity contribution is 0.0950. The molecule has 0 radical (unpaired) electrons. The number of pyridine rings is 2. The summed E-state index contributed by atoms with van der Waals surface area (Å²) in [4.78, 5) is 20.7. The van der Waals surface area contributed by atoms with Crippen molar-refractivity contribution in [1.29, 1.82) is 0 Å². The average Bonchev–Trinajstić information content (AvgIpc) is 3.15. The summed E-state index contributed by atoms with van der Waals surface area (Å²) in [6, 6.07) is 12.8. The van der Waals surface area contributed by atoms with E-state index in [9.17, 15) is 4.79 Å². The number of rotatable bonds is 4. The largest absolute Gasteiger partial charge is 0.454 e. The Morgan fingerprint density at radius 3 is 2.72 bits per heavy atom. The fourth-order valence-corrected chi connectivity index (χ4v) is 2.59. The van der Waals surface area contributed by atoms with Gasteiger partial charge in [0.25, 0.3) is 5.91 Å². The van der Waals surface area contributed by atoms with Crippen LogP contribution >= 0.6 is 0 Å². The van der Waals surface area contributed by atoms with Gasteiger partial charge in [-0.3, -0.25) is 14.8 Å². The highest BCUT2D eigenvalue weighted by atomic mass is 16.7. The standard InChI is InChI=1S/C19H15N3O3/c23-19(15-1-2-17-18(10-15)25-12-24-17)22-11-13-3-8-21-16(9-13)14-4-6-20-7-5-14/h1-10H,11-12H2,(H,22,23). The molecule has 1 aliphatic heterocycles. The normalized spacial score (nSPS) is 12.0. The van der Waals surface area contributed by atoms with Gasteiger partial charge >= 0.3 is 0 Å². The van der Waals surface area contributed by atoms with Crippen molar-refractivity contribution in [1.82, 2.24) is 15.3 Å². The van der Waals surface area contributed by atoms with Crippen LogP contribution in [0.15, 0.2) is 61.1 Å². The second-order valence-electron chi connectivity index (χ2n) is 5.54. The van der Waals surface area contributed by atoms with Crippen LogP contribution in [-0.2, 0) is 6.54 Å². The van der Waals surface area contributed by atoms with E-state index in [0.717, 1.165) is 16.8 Å². The van der Waals surface area contributed by atoms with Crippen LogP contribution in [0.2, 0.25) is 0 Å². The van der Waals surface area contributed by atoms with Crippen LogP contribution in [0.4, 0.5) is 0 Å². The quantitative estimate of drug-likeness (QED) is 0.795. The minimum absolute atomic E-state index is 0.166. The molecule has 0 spiro atoms. The first-order chi connectivity index (χ1) is 12.3. The van der Waals surface area contributed by atoms with Gasteiger partial charge in [-0.05, 0) is 48.0 Å². The second kappa shape index (κ2) is 6.60. The minimum atomic E-state index is -0.166. The summed E-state index contributed by atoms with van der Waals surface area (Å²) in [6.45, 7) is 0.600. The first-order valence-corrected chi connectivity index (χ1v) is 7.83. The van der Waals surface area contributed by atoms with Gasteiger partial charge in [-0.15, -0.1) is 0 Å². The number of nitrogens with one attached hydrogen (secondary N) is 1. The van der Waals surface area contributed by atoms with E-state index in [1.807, 2.05) is 24.3 Å². The Hall–Kier alpha value is -3.41. The number of carbonyl (C=O) groups is 1. The molecule has 0 fully saturated rings. The summed E-state index contributed by atoms with van der Waals surface area (Å²) in [6.07, 6.45) is 5.19. The number of carbonyl (C=O) groups excluding carboxylic acids is 1. The molecule has 0 atom stereocenters. The first-order valence-electron chi connectivity index (χ1n) is 7.83. The molecular weight excluding hydrogens is 318 g/mol. The van der Waals surface area contributed by atoms with Crippen LogP contribution < -0.4 is 14.8 Å². The smallest absolute Gasteiger partial charge is 0.251 e. The number of hydrogen-bond acceptors (Lipinski definition) is 5. The van der Waals surface area contributed by atoms with Crippen LogP contribution in [0.25, 0.3) is 11.3 Å². The number of fused-ring (bicyclic) bond motifs is 1. The maximum absolute atomic E-state index is 12.3. The Kier molecular flexibility index (Phi) is 4.00. The molecule has 0 unspecified atom stereocenters. The van der Waals surface area contributed by atoms with E-state index in [0.29, 0.717) is 23.6 Å². The van der Waals surface area contributed by atoms with Crippen molar-refractivity contribution in [3.63, 3.8) is 0 Å². The van der Waals surface area contributed by atoms with Gasteiger partial charge in [-0.25, -0.2) is 0 Å². The third-order valence-electron chi connectivity index (χ3n) is 3.89. The maximum atomic E-state index is 12.3. The lowest BCUT2D eigenvalue weighted by Crippen LogP contribution is -2.22. The van der Waals surface area contributed by atoms with E-state index in [1.165, 1.54) is 0 Å². The summed E-state index contributed by atoms with van der Waals surface area (Å²) in [5.74, 6) is 1.09. The Labute approximate surface area is 144 Å². The predicted octanol–water partition coefficient (Wildman–Crippen LogP) is 2.80. The Morgan fingerprint density at radius 1 is 1.00 bits per heavy atom. The third-order valence-corrected chi connectivity index (χ3v) is 3.89. The Balaban J connectivity index is 1.45. The molecule has 1 N–H and O–H groups in total. The lowest BCUT2D eigenvalue weighted by atomic mass is 10.1. The monoisotopic (exact) mass is 333 g/mol. The molecule has 4 rings (SSSR count).